The Hall–Kier alpha value is -2.02. The lowest BCUT2D eigenvalue weighted by atomic mass is 10.0. The van der Waals surface area contributed by atoms with Crippen LogP contribution >= 0.6 is 11.6 Å². The van der Waals surface area contributed by atoms with E-state index in [1.54, 1.807) is 19.1 Å². The van der Waals surface area contributed by atoms with Crippen LogP contribution in [-0.2, 0) is 12.6 Å². The lowest BCUT2D eigenvalue weighted by Gasteiger charge is -2.12. The van der Waals surface area contributed by atoms with Gasteiger partial charge in [-0.25, -0.2) is 4.98 Å². The van der Waals surface area contributed by atoms with Crippen molar-refractivity contribution < 1.29 is 13.2 Å². The van der Waals surface area contributed by atoms with Crippen LogP contribution < -0.4 is 11.3 Å². The van der Waals surface area contributed by atoms with E-state index >= 15 is 0 Å². The fraction of sp³-hybridized carbons (Fsp3) is 0.231. The summed E-state index contributed by atoms with van der Waals surface area (Å²) in [5.74, 6) is -0.571. The lowest BCUT2D eigenvalue weighted by Crippen LogP contribution is -2.24. The highest BCUT2D eigenvalue weighted by Gasteiger charge is 2.37. The van der Waals surface area contributed by atoms with Gasteiger partial charge in [-0.15, -0.1) is 0 Å². The topological polar surface area (TPSA) is 71.8 Å². The van der Waals surface area contributed by atoms with E-state index < -0.39 is 28.9 Å². The maximum atomic E-state index is 13.0. The van der Waals surface area contributed by atoms with Gasteiger partial charge in [0.25, 0.3) is 5.56 Å². The molecular weight excluding hydrogens is 307 g/mol. The predicted molar refractivity (Wildman–Crippen MR) is 73.3 cm³/mol. The molecule has 0 saturated heterocycles. The van der Waals surface area contributed by atoms with Gasteiger partial charge in [0.2, 0.25) is 5.95 Å². The van der Waals surface area contributed by atoms with Crippen LogP contribution in [0.5, 0.6) is 0 Å². The van der Waals surface area contributed by atoms with Crippen LogP contribution in [0.15, 0.2) is 23.0 Å². The second-order valence-corrected chi connectivity index (χ2v) is 4.94. The molecule has 0 atom stereocenters. The summed E-state index contributed by atoms with van der Waals surface area (Å²) in [7, 11) is 0. The van der Waals surface area contributed by atoms with E-state index in [9.17, 15) is 18.0 Å². The second kappa shape index (κ2) is 5.40. The van der Waals surface area contributed by atoms with Gasteiger partial charge in [-0.05, 0) is 24.1 Å². The number of rotatable bonds is 2. The zero-order chi connectivity index (χ0) is 15.8. The fourth-order valence-electron chi connectivity index (χ4n) is 1.86. The van der Waals surface area contributed by atoms with Crippen molar-refractivity contribution in [3.63, 3.8) is 0 Å². The molecule has 3 N–H and O–H groups in total. The molecule has 2 aromatic rings. The second-order valence-electron chi connectivity index (χ2n) is 4.54. The highest BCUT2D eigenvalue weighted by atomic mass is 35.5. The number of nitrogen functional groups attached to an aromatic ring is 1. The first-order chi connectivity index (χ1) is 9.68. The zero-order valence-electron chi connectivity index (χ0n) is 10.9. The Balaban J connectivity index is 2.53. The van der Waals surface area contributed by atoms with Crippen molar-refractivity contribution in [3.8, 4) is 0 Å². The first kappa shape index (κ1) is 15.4. The van der Waals surface area contributed by atoms with E-state index in [0.717, 1.165) is 5.56 Å². The minimum Gasteiger partial charge on any atom is -0.369 e. The van der Waals surface area contributed by atoms with Crippen molar-refractivity contribution in [2.75, 3.05) is 5.73 Å². The van der Waals surface area contributed by atoms with E-state index in [4.69, 9.17) is 17.3 Å². The van der Waals surface area contributed by atoms with Crippen LogP contribution in [0.4, 0.5) is 19.1 Å². The van der Waals surface area contributed by atoms with Gasteiger partial charge in [-0.1, -0.05) is 23.7 Å². The van der Waals surface area contributed by atoms with Crippen LogP contribution in [0, 0.1) is 6.92 Å². The van der Waals surface area contributed by atoms with Gasteiger partial charge in [0.15, 0.2) is 5.69 Å². The first-order valence-electron chi connectivity index (χ1n) is 5.89. The number of aromatic nitrogens is 2. The summed E-state index contributed by atoms with van der Waals surface area (Å²) in [6.07, 6.45) is -5.00. The van der Waals surface area contributed by atoms with E-state index in [2.05, 4.69) is 9.97 Å². The van der Waals surface area contributed by atoms with Crippen LogP contribution in [-0.4, -0.2) is 9.97 Å². The summed E-state index contributed by atoms with van der Waals surface area (Å²) in [6, 6.07) is 4.80. The van der Waals surface area contributed by atoms with Crippen molar-refractivity contribution in [2.45, 2.75) is 19.5 Å². The average molecular weight is 318 g/mol. The molecule has 0 aliphatic rings. The summed E-state index contributed by atoms with van der Waals surface area (Å²) < 4.78 is 38.9. The standard InChI is InChI=1S/C13H11ClF3N3O/c1-6-2-3-7(5-9(6)14)4-8-10(13(15,16)17)19-12(18)20-11(8)21/h2-3,5H,4H2,1H3,(H3,18,19,20,21). The first-order valence-corrected chi connectivity index (χ1v) is 6.27. The minimum absolute atomic E-state index is 0.239. The molecule has 1 aromatic heterocycles. The van der Waals surface area contributed by atoms with Gasteiger partial charge < -0.3 is 5.73 Å². The predicted octanol–water partition coefficient (Wildman–Crippen LogP) is 2.92. The lowest BCUT2D eigenvalue weighted by molar-refractivity contribution is -0.141. The number of alkyl halides is 3. The van der Waals surface area contributed by atoms with Gasteiger partial charge in [0.1, 0.15) is 0 Å². The molecular formula is C13H11ClF3N3O. The molecule has 112 valence electrons. The number of aromatic amines is 1. The Labute approximate surface area is 122 Å². The Morgan fingerprint density at radius 1 is 1.38 bits per heavy atom. The number of hydrogen-bond donors (Lipinski definition) is 2. The Morgan fingerprint density at radius 3 is 2.62 bits per heavy atom. The maximum Gasteiger partial charge on any atom is 0.433 e. The highest BCUT2D eigenvalue weighted by Crippen LogP contribution is 2.30. The third-order valence-corrected chi connectivity index (χ3v) is 3.33. The Kier molecular flexibility index (Phi) is 3.95. The highest BCUT2D eigenvalue weighted by molar-refractivity contribution is 6.31. The molecule has 0 aliphatic heterocycles. The zero-order valence-corrected chi connectivity index (χ0v) is 11.6. The number of anilines is 1. The number of benzene rings is 1. The minimum atomic E-state index is -4.76. The summed E-state index contributed by atoms with van der Waals surface area (Å²) in [5, 5.41) is 0.417. The molecule has 2 rings (SSSR count). The van der Waals surface area contributed by atoms with E-state index in [1.807, 2.05) is 0 Å². The van der Waals surface area contributed by atoms with E-state index in [1.165, 1.54) is 6.07 Å². The van der Waals surface area contributed by atoms with Crippen molar-refractivity contribution >= 4 is 17.5 Å². The molecule has 0 unspecified atom stereocenters. The molecule has 0 aliphatic carbocycles. The van der Waals surface area contributed by atoms with E-state index in [-0.39, 0.29) is 6.42 Å². The number of nitrogens with zero attached hydrogens (tertiary/aromatic N) is 1. The number of H-pyrrole nitrogens is 1. The molecule has 21 heavy (non-hydrogen) atoms. The van der Waals surface area contributed by atoms with Gasteiger partial charge in [-0.3, -0.25) is 9.78 Å². The molecule has 0 radical (unpaired) electrons. The van der Waals surface area contributed by atoms with E-state index in [0.29, 0.717) is 10.6 Å². The number of hydrogen-bond acceptors (Lipinski definition) is 3. The largest absolute Gasteiger partial charge is 0.433 e. The summed E-state index contributed by atoms with van der Waals surface area (Å²) >= 11 is 5.93. The molecule has 0 saturated carbocycles. The van der Waals surface area contributed by atoms with Gasteiger partial charge in [0, 0.05) is 11.4 Å². The monoisotopic (exact) mass is 317 g/mol. The van der Waals surface area contributed by atoms with Crippen LogP contribution in [0.1, 0.15) is 22.4 Å². The smallest absolute Gasteiger partial charge is 0.369 e. The quantitative estimate of drug-likeness (QED) is 0.894. The molecule has 0 bridgehead atoms. The van der Waals surface area contributed by atoms with Crippen molar-refractivity contribution in [3.05, 3.63) is 56.0 Å². The SMILES string of the molecule is Cc1ccc(Cc2c(C(F)(F)F)nc(N)[nH]c2=O)cc1Cl. The summed E-state index contributed by atoms with van der Waals surface area (Å²) in [4.78, 5) is 17.0. The molecule has 8 heteroatoms. The van der Waals surface area contributed by atoms with Crippen LogP contribution in [0.2, 0.25) is 5.02 Å². The Bertz CT molecular complexity index is 740. The van der Waals surface area contributed by atoms with Crippen LogP contribution in [0.25, 0.3) is 0 Å². The van der Waals surface area contributed by atoms with Crippen molar-refractivity contribution in [1.82, 2.24) is 9.97 Å². The van der Waals surface area contributed by atoms with Gasteiger partial charge in [-0.2, -0.15) is 13.2 Å². The third-order valence-electron chi connectivity index (χ3n) is 2.92. The molecule has 0 fully saturated rings. The summed E-state index contributed by atoms with van der Waals surface area (Å²) in [5.41, 5.74) is 3.77. The third kappa shape index (κ3) is 3.36. The number of nitrogens with one attached hydrogen (secondary N) is 1. The number of aryl methyl sites for hydroxylation is 1. The van der Waals surface area contributed by atoms with Crippen molar-refractivity contribution in [2.24, 2.45) is 0 Å². The molecule has 0 amide bonds. The van der Waals surface area contributed by atoms with Gasteiger partial charge in [0.05, 0.1) is 5.56 Å². The fourth-order valence-corrected chi connectivity index (χ4v) is 2.07. The Morgan fingerprint density at radius 2 is 2.05 bits per heavy atom. The molecule has 1 aromatic carbocycles. The number of nitrogens with two attached hydrogens (primary N) is 1. The normalized spacial score (nSPS) is 11.7. The molecule has 4 nitrogen and oxygen atoms in total. The van der Waals surface area contributed by atoms with Gasteiger partial charge >= 0.3 is 6.18 Å². The maximum absolute atomic E-state index is 13.0. The number of halogens is 4. The van der Waals surface area contributed by atoms with Crippen LogP contribution in [0.3, 0.4) is 0 Å². The molecule has 0 spiro atoms. The van der Waals surface area contributed by atoms with Crippen molar-refractivity contribution in [1.29, 1.82) is 0 Å². The molecule has 1 heterocycles. The summed E-state index contributed by atoms with van der Waals surface area (Å²) in [6.45, 7) is 1.77. The average Bonchev–Trinajstić information content (AvgIpc) is 2.35.